The molecule has 1 aromatic carbocycles. The van der Waals surface area contributed by atoms with E-state index in [-0.39, 0.29) is 42.3 Å². The van der Waals surface area contributed by atoms with Crippen LogP contribution in [0.15, 0.2) is 23.1 Å². The summed E-state index contributed by atoms with van der Waals surface area (Å²) < 4.78 is 38.2. The molecule has 1 heterocycles. The summed E-state index contributed by atoms with van der Waals surface area (Å²) in [5, 5.41) is 3.29. The van der Waals surface area contributed by atoms with Gasteiger partial charge in [-0.15, -0.1) is 0 Å². The smallest absolute Gasteiger partial charge is 0.258 e. The van der Waals surface area contributed by atoms with Crippen LogP contribution >= 0.6 is 11.6 Å². The second-order valence-electron chi connectivity index (χ2n) is 7.15. The Bertz CT molecular complexity index is 773. The largest absolute Gasteiger partial charge is 0.482 e. The van der Waals surface area contributed by atoms with Crippen LogP contribution in [0.3, 0.4) is 0 Å². The Balaban J connectivity index is 1.67. The molecular formula is C19H27ClN2O5S. The van der Waals surface area contributed by atoms with E-state index in [0.717, 1.165) is 25.7 Å². The maximum atomic E-state index is 13.0. The Labute approximate surface area is 171 Å². The van der Waals surface area contributed by atoms with Crippen LogP contribution in [0.5, 0.6) is 5.75 Å². The lowest BCUT2D eigenvalue weighted by Gasteiger charge is -2.27. The predicted molar refractivity (Wildman–Crippen MR) is 106 cm³/mol. The second-order valence-corrected chi connectivity index (χ2v) is 9.49. The van der Waals surface area contributed by atoms with Gasteiger partial charge in [0.05, 0.1) is 13.2 Å². The van der Waals surface area contributed by atoms with Gasteiger partial charge in [-0.3, -0.25) is 4.79 Å². The third-order valence-corrected chi connectivity index (χ3v) is 7.23. The van der Waals surface area contributed by atoms with Gasteiger partial charge in [0.2, 0.25) is 10.0 Å². The minimum Gasteiger partial charge on any atom is -0.482 e. The summed E-state index contributed by atoms with van der Waals surface area (Å²) in [7, 11) is -3.78. The molecule has 156 valence electrons. The number of nitrogens with zero attached hydrogens (tertiary/aromatic N) is 1. The number of halogens is 1. The number of rotatable bonds is 6. The third-order valence-electron chi connectivity index (χ3n) is 5.07. The number of nitrogens with one attached hydrogen (secondary N) is 1. The van der Waals surface area contributed by atoms with Crippen molar-refractivity contribution in [3.05, 3.63) is 23.2 Å². The van der Waals surface area contributed by atoms with Crippen molar-refractivity contribution in [1.82, 2.24) is 9.62 Å². The highest BCUT2D eigenvalue weighted by molar-refractivity contribution is 7.89. The van der Waals surface area contributed by atoms with Crippen LogP contribution in [0, 0.1) is 0 Å². The van der Waals surface area contributed by atoms with Gasteiger partial charge in [0.1, 0.15) is 10.6 Å². The molecule has 2 aliphatic rings. The average molecular weight is 431 g/mol. The highest BCUT2D eigenvalue weighted by atomic mass is 35.5. The maximum absolute atomic E-state index is 13.0. The molecule has 1 saturated carbocycles. The number of benzene rings is 1. The van der Waals surface area contributed by atoms with Gasteiger partial charge >= 0.3 is 0 Å². The van der Waals surface area contributed by atoms with Crippen molar-refractivity contribution in [1.29, 1.82) is 0 Å². The fourth-order valence-corrected chi connectivity index (χ4v) is 5.37. The number of hydrogen-bond acceptors (Lipinski definition) is 5. The molecule has 1 aliphatic carbocycles. The molecule has 0 unspecified atom stereocenters. The Morgan fingerprint density at radius 2 is 1.86 bits per heavy atom. The van der Waals surface area contributed by atoms with Gasteiger partial charge in [0.25, 0.3) is 5.91 Å². The molecule has 3 rings (SSSR count). The Hall–Kier alpha value is -1.35. The molecule has 0 radical (unpaired) electrons. The van der Waals surface area contributed by atoms with Crippen LogP contribution < -0.4 is 10.1 Å². The summed E-state index contributed by atoms with van der Waals surface area (Å²) in [5.74, 6) is -0.108. The molecule has 1 aromatic rings. The molecule has 1 amide bonds. The molecule has 28 heavy (non-hydrogen) atoms. The minimum atomic E-state index is -3.78. The number of hydrogen-bond donors (Lipinski definition) is 1. The van der Waals surface area contributed by atoms with E-state index in [2.05, 4.69) is 5.32 Å². The van der Waals surface area contributed by atoms with Gasteiger partial charge in [-0.25, -0.2) is 8.42 Å². The van der Waals surface area contributed by atoms with Crippen LogP contribution in [0.1, 0.15) is 38.5 Å². The SMILES string of the molecule is O=C(COc1ccc(Cl)cc1S(=O)(=O)N1CCOCC1)NC1CCCCCC1. The Morgan fingerprint density at radius 1 is 1.18 bits per heavy atom. The van der Waals surface area contributed by atoms with Gasteiger partial charge < -0.3 is 14.8 Å². The van der Waals surface area contributed by atoms with Crippen LogP contribution in [0.4, 0.5) is 0 Å². The summed E-state index contributed by atoms with van der Waals surface area (Å²) >= 11 is 6.03. The zero-order chi connectivity index (χ0) is 20.0. The van der Waals surface area contributed by atoms with Crippen LogP contribution in [0.2, 0.25) is 5.02 Å². The van der Waals surface area contributed by atoms with E-state index in [1.165, 1.54) is 29.3 Å². The minimum absolute atomic E-state index is 0.0239. The van der Waals surface area contributed by atoms with Gasteiger partial charge in [0, 0.05) is 24.2 Å². The maximum Gasteiger partial charge on any atom is 0.258 e. The van der Waals surface area contributed by atoms with E-state index in [1.807, 2.05) is 0 Å². The number of carbonyl (C=O) groups excluding carboxylic acids is 1. The van der Waals surface area contributed by atoms with Crippen LogP contribution in [-0.2, 0) is 19.6 Å². The summed E-state index contributed by atoms with van der Waals surface area (Å²) in [6.07, 6.45) is 6.59. The van der Waals surface area contributed by atoms with E-state index in [0.29, 0.717) is 18.2 Å². The summed E-state index contributed by atoms with van der Waals surface area (Å²) in [6, 6.07) is 4.58. The highest BCUT2D eigenvalue weighted by Crippen LogP contribution is 2.30. The van der Waals surface area contributed by atoms with Crippen LogP contribution in [-0.4, -0.2) is 57.6 Å². The molecule has 1 saturated heterocycles. The molecular weight excluding hydrogens is 404 g/mol. The number of amides is 1. The van der Waals surface area contributed by atoms with E-state index >= 15 is 0 Å². The standard InChI is InChI=1S/C19H27ClN2O5S/c20-15-7-8-17(18(13-15)28(24,25)22-9-11-26-12-10-22)27-14-19(23)21-16-5-3-1-2-4-6-16/h7-8,13,16H,1-6,9-12,14H2,(H,21,23). The molecule has 2 fully saturated rings. The normalized spacial score (nSPS) is 19.8. The first-order chi connectivity index (χ1) is 13.5. The zero-order valence-corrected chi connectivity index (χ0v) is 17.4. The molecule has 0 spiro atoms. The Kier molecular flexibility index (Phi) is 7.56. The second kappa shape index (κ2) is 9.91. The summed E-state index contributed by atoms with van der Waals surface area (Å²) in [6.45, 7) is 1.01. The third kappa shape index (κ3) is 5.59. The number of morpholine rings is 1. The monoisotopic (exact) mass is 430 g/mol. The summed E-state index contributed by atoms with van der Waals surface area (Å²) in [5.41, 5.74) is 0. The van der Waals surface area contributed by atoms with Crippen molar-refractivity contribution in [3.8, 4) is 5.75 Å². The lowest BCUT2D eigenvalue weighted by Crippen LogP contribution is -2.41. The van der Waals surface area contributed by atoms with E-state index in [4.69, 9.17) is 21.1 Å². The van der Waals surface area contributed by atoms with Crippen molar-refractivity contribution >= 4 is 27.5 Å². The molecule has 0 bridgehead atoms. The van der Waals surface area contributed by atoms with Gasteiger partial charge in [-0.2, -0.15) is 4.31 Å². The fourth-order valence-electron chi connectivity index (χ4n) is 3.57. The first-order valence-electron chi connectivity index (χ1n) is 9.76. The van der Waals surface area contributed by atoms with E-state index < -0.39 is 10.0 Å². The quantitative estimate of drug-likeness (QED) is 0.701. The van der Waals surface area contributed by atoms with Crippen molar-refractivity contribution in [2.75, 3.05) is 32.9 Å². The molecule has 7 nitrogen and oxygen atoms in total. The van der Waals surface area contributed by atoms with Gasteiger partial charge in [-0.1, -0.05) is 37.3 Å². The molecule has 0 aromatic heterocycles. The average Bonchev–Trinajstić information content (AvgIpc) is 2.96. The molecule has 9 heteroatoms. The number of carbonyl (C=O) groups is 1. The van der Waals surface area contributed by atoms with Gasteiger partial charge in [-0.05, 0) is 31.0 Å². The van der Waals surface area contributed by atoms with E-state index in [1.54, 1.807) is 6.07 Å². The first kappa shape index (κ1) is 21.4. The van der Waals surface area contributed by atoms with Crippen LogP contribution in [0.25, 0.3) is 0 Å². The molecule has 0 atom stereocenters. The lowest BCUT2D eigenvalue weighted by molar-refractivity contribution is -0.123. The number of sulfonamides is 1. The van der Waals surface area contributed by atoms with Gasteiger partial charge in [0.15, 0.2) is 6.61 Å². The first-order valence-corrected chi connectivity index (χ1v) is 11.6. The highest BCUT2D eigenvalue weighted by Gasteiger charge is 2.30. The molecule has 1 N–H and O–H groups in total. The van der Waals surface area contributed by atoms with Crippen molar-refractivity contribution in [3.63, 3.8) is 0 Å². The van der Waals surface area contributed by atoms with Crippen molar-refractivity contribution < 1.29 is 22.7 Å². The predicted octanol–water partition coefficient (Wildman–Crippen LogP) is 2.58. The fraction of sp³-hybridized carbons (Fsp3) is 0.632. The number of ether oxygens (including phenoxy) is 2. The lowest BCUT2D eigenvalue weighted by atomic mass is 10.1. The van der Waals surface area contributed by atoms with E-state index in [9.17, 15) is 13.2 Å². The summed E-state index contributed by atoms with van der Waals surface area (Å²) in [4.78, 5) is 12.3. The Morgan fingerprint density at radius 3 is 2.54 bits per heavy atom. The zero-order valence-electron chi connectivity index (χ0n) is 15.9. The van der Waals surface area contributed by atoms with Crippen molar-refractivity contribution in [2.45, 2.75) is 49.5 Å². The topological polar surface area (TPSA) is 84.9 Å². The molecule has 1 aliphatic heterocycles. The van der Waals surface area contributed by atoms with Crippen molar-refractivity contribution in [2.24, 2.45) is 0 Å².